The van der Waals surface area contributed by atoms with Crippen molar-refractivity contribution in [2.24, 2.45) is 5.92 Å². The highest BCUT2D eigenvalue weighted by Crippen LogP contribution is 2.28. The maximum absolute atomic E-state index is 11.4. The van der Waals surface area contributed by atoms with Gasteiger partial charge in [0.2, 0.25) is 0 Å². The number of nitrogens with one attached hydrogen (secondary N) is 1. The van der Waals surface area contributed by atoms with E-state index in [-0.39, 0.29) is 5.92 Å². The molecule has 89 valence electrons. The molecule has 0 aromatic carbocycles. The van der Waals surface area contributed by atoms with Crippen molar-refractivity contribution in [3.05, 3.63) is 17.3 Å². The second-order valence-electron chi connectivity index (χ2n) is 3.78. The number of methoxy groups -OCH3 is 2. The van der Waals surface area contributed by atoms with E-state index in [1.54, 1.807) is 0 Å². The highest BCUT2D eigenvalue weighted by Gasteiger charge is 2.34. The summed E-state index contributed by atoms with van der Waals surface area (Å²) >= 11 is 0. The normalized spacial score (nSPS) is 21.4. The molecule has 0 amide bonds. The summed E-state index contributed by atoms with van der Waals surface area (Å²) in [7, 11) is 2.62. The van der Waals surface area contributed by atoms with Gasteiger partial charge in [0.25, 0.3) is 0 Å². The summed E-state index contributed by atoms with van der Waals surface area (Å²) in [6.07, 6.45) is 0.641. The van der Waals surface area contributed by atoms with Gasteiger partial charge < -0.3 is 14.8 Å². The summed E-state index contributed by atoms with van der Waals surface area (Å²) in [4.78, 5) is 22.9. The Bertz CT molecular complexity index is 335. The quantitative estimate of drug-likeness (QED) is 0.704. The predicted molar refractivity (Wildman–Crippen MR) is 56.9 cm³/mol. The van der Waals surface area contributed by atoms with Gasteiger partial charge >= 0.3 is 11.9 Å². The summed E-state index contributed by atoms with van der Waals surface area (Å²) in [6.45, 7) is 3.74. The zero-order valence-electron chi connectivity index (χ0n) is 9.92. The molecule has 1 radical (unpaired) electrons. The number of rotatable bonds is 2. The van der Waals surface area contributed by atoms with Crippen LogP contribution in [-0.4, -0.2) is 26.2 Å². The van der Waals surface area contributed by atoms with Crippen molar-refractivity contribution in [1.29, 1.82) is 0 Å². The Morgan fingerprint density at radius 2 is 1.81 bits per heavy atom. The lowest BCUT2D eigenvalue weighted by molar-refractivity contribution is -0.140. The molecule has 0 bridgehead atoms. The van der Waals surface area contributed by atoms with Crippen molar-refractivity contribution < 1.29 is 19.1 Å². The van der Waals surface area contributed by atoms with Crippen LogP contribution >= 0.6 is 0 Å². The van der Waals surface area contributed by atoms with E-state index in [0.29, 0.717) is 18.2 Å². The molecule has 1 heterocycles. The largest absolute Gasteiger partial charge is 0.467 e. The Hall–Kier alpha value is -1.52. The molecular weight excluding hydrogens is 210 g/mol. The minimum Gasteiger partial charge on any atom is -0.467 e. The molecule has 1 atom stereocenters. The third-order valence-electron chi connectivity index (χ3n) is 2.59. The van der Waals surface area contributed by atoms with Crippen molar-refractivity contribution in [2.75, 3.05) is 14.2 Å². The zero-order chi connectivity index (χ0) is 12.3. The summed E-state index contributed by atoms with van der Waals surface area (Å²) in [5, 5.41) is 2.80. The van der Waals surface area contributed by atoms with Crippen LogP contribution in [-0.2, 0) is 19.1 Å². The number of hydrogen-bond donors (Lipinski definition) is 1. The Labute approximate surface area is 94.8 Å². The molecule has 0 aromatic heterocycles. The van der Waals surface area contributed by atoms with Crippen LogP contribution in [0.25, 0.3) is 0 Å². The van der Waals surface area contributed by atoms with Crippen molar-refractivity contribution in [1.82, 2.24) is 5.32 Å². The van der Waals surface area contributed by atoms with Gasteiger partial charge in [-0.3, -0.25) is 0 Å². The SMILES string of the molecule is COC(=O)[C]1NC(C(=O)OC)=C(C)CC1C. The van der Waals surface area contributed by atoms with Crippen LogP contribution in [0.15, 0.2) is 11.3 Å². The first-order chi connectivity index (χ1) is 7.51. The van der Waals surface area contributed by atoms with E-state index < -0.39 is 11.9 Å². The Balaban J connectivity index is 2.91. The smallest absolute Gasteiger partial charge is 0.354 e. The zero-order valence-corrected chi connectivity index (χ0v) is 9.92. The van der Waals surface area contributed by atoms with Gasteiger partial charge in [0.05, 0.1) is 14.2 Å². The van der Waals surface area contributed by atoms with E-state index in [1.807, 2.05) is 13.8 Å². The average molecular weight is 226 g/mol. The molecule has 0 fully saturated rings. The molecule has 0 spiro atoms. The third kappa shape index (κ3) is 2.35. The maximum atomic E-state index is 11.4. The van der Waals surface area contributed by atoms with Crippen molar-refractivity contribution in [3.8, 4) is 0 Å². The lowest BCUT2D eigenvalue weighted by atomic mass is 9.89. The first-order valence-corrected chi connectivity index (χ1v) is 5.01. The summed E-state index contributed by atoms with van der Waals surface area (Å²) in [5.41, 5.74) is 1.22. The van der Waals surface area contributed by atoms with Gasteiger partial charge in [0, 0.05) is 0 Å². The fraction of sp³-hybridized carbons (Fsp3) is 0.545. The van der Waals surface area contributed by atoms with Crippen LogP contribution in [0.2, 0.25) is 0 Å². The van der Waals surface area contributed by atoms with E-state index >= 15 is 0 Å². The molecule has 5 heteroatoms. The van der Waals surface area contributed by atoms with Crippen LogP contribution < -0.4 is 5.32 Å². The van der Waals surface area contributed by atoms with Crippen LogP contribution in [0.5, 0.6) is 0 Å². The first kappa shape index (κ1) is 12.5. The standard InChI is InChI=1S/C11H16NO4/c1-6-5-7(2)9(11(14)16-4)12-8(6)10(13)15-3/h6,12H,5H2,1-4H3. The molecule has 1 aliphatic heterocycles. The fourth-order valence-electron chi connectivity index (χ4n) is 1.72. The molecule has 5 nitrogen and oxygen atoms in total. The molecule has 0 saturated heterocycles. The van der Waals surface area contributed by atoms with E-state index in [9.17, 15) is 9.59 Å². The number of allylic oxidation sites excluding steroid dienone is 1. The molecule has 0 aliphatic carbocycles. The van der Waals surface area contributed by atoms with Crippen molar-refractivity contribution in [3.63, 3.8) is 0 Å². The van der Waals surface area contributed by atoms with Crippen LogP contribution in [0, 0.1) is 12.0 Å². The van der Waals surface area contributed by atoms with E-state index in [2.05, 4.69) is 14.8 Å². The molecule has 1 unspecified atom stereocenters. The number of carbonyl (C=O) groups excluding carboxylic acids is 2. The molecule has 0 aromatic rings. The molecule has 0 saturated carbocycles. The Kier molecular flexibility index (Phi) is 3.93. The highest BCUT2D eigenvalue weighted by atomic mass is 16.5. The molecule has 1 aliphatic rings. The summed E-state index contributed by atoms with van der Waals surface area (Å²) in [5.74, 6) is -0.895. The lowest BCUT2D eigenvalue weighted by Gasteiger charge is -2.29. The van der Waals surface area contributed by atoms with Gasteiger partial charge in [-0.05, 0) is 24.8 Å². The fourth-order valence-corrected chi connectivity index (χ4v) is 1.72. The van der Waals surface area contributed by atoms with E-state index in [1.165, 1.54) is 14.2 Å². The summed E-state index contributed by atoms with van der Waals surface area (Å²) in [6, 6.07) is 0.397. The van der Waals surface area contributed by atoms with Crippen molar-refractivity contribution in [2.45, 2.75) is 20.3 Å². The predicted octanol–water partition coefficient (Wildman–Crippen LogP) is 0.768. The number of esters is 2. The second kappa shape index (κ2) is 5.01. The van der Waals surface area contributed by atoms with Crippen LogP contribution in [0.1, 0.15) is 20.3 Å². The Morgan fingerprint density at radius 3 is 2.31 bits per heavy atom. The number of carbonyl (C=O) groups is 2. The van der Waals surface area contributed by atoms with Gasteiger partial charge in [-0.1, -0.05) is 6.92 Å². The maximum Gasteiger partial charge on any atom is 0.354 e. The van der Waals surface area contributed by atoms with Gasteiger partial charge in [-0.15, -0.1) is 0 Å². The third-order valence-corrected chi connectivity index (χ3v) is 2.59. The van der Waals surface area contributed by atoms with E-state index in [0.717, 1.165) is 5.57 Å². The highest BCUT2D eigenvalue weighted by molar-refractivity contribution is 5.93. The molecule has 1 rings (SSSR count). The van der Waals surface area contributed by atoms with Crippen molar-refractivity contribution >= 4 is 11.9 Å². The Morgan fingerprint density at radius 1 is 1.25 bits per heavy atom. The van der Waals surface area contributed by atoms with Crippen LogP contribution in [0.3, 0.4) is 0 Å². The minimum absolute atomic E-state index is 0.0147. The topological polar surface area (TPSA) is 64.6 Å². The van der Waals surface area contributed by atoms with Gasteiger partial charge in [-0.2, -0.15) is 0 Å². The summed E-state index contributed by atoms with van der Waals surface area (Å²) < 4.78 is 9.28. The van der Waals surface area contributed by atoms with Gasteiger partial charge in [0.1, 0.15) is 5.70 Å². The number of hydrogen-bond acceptors (Lipinski definition) is 5. The molecule has 1 N–H and O–H groups in total. The van der Waals surface area contributed by atoms with Gasteiger partial charge in [-0.25, -0.2) is 9.59 Å². The lowest BCUT2D eigenvalue weighted by Crippen LogP contribution is -2.40. The molecule has 16 heavy (non-hydrogen) atoms. The second-order valence-corrected chi connectivity index (χ2v) is 3.78. The average Bonchev–Trinajstić information content (AvgIpc) is 2.27. The monoisotopic (exact) mass is 226 g/mol. The first-order valence-electron chi connectivity index (χ1n) is 5.01. The van der Waals surface area contributed by atoms with Crippen LogP contribution in [0.4, 0.5) is 0 Å². The minimum atomic E-state index is -0.467. The van der Waals surface area contributed by atoms with Gasteiger partial charge in [0.15, 0.2) is 6.04 Å². The number of ether oxygens (including phenoxy) is 2. The molecular formula is C11H16NO4. The van der Waals surface area contributed by atoms with E-state index in [4.69, 9.17) is 0 Å².